The van der Waals surface area contributed by atoms with E-state index in [1.807, 2.05) is 26.8 Å². The van der Waals surface area contributed by atoms with Crippen LogP contribution in [-0.2, 0) is 10.3 Å². The summed E-state index contributed by atoms with van der Waals surface area (Å²) in [5.74, 6) is 0.0801. The van der Waals surface area contributed by atoms with Gasteiger partial charge in [-0.2, -0.15) is 5.26 Å². The van der Waals surface area contributed by atoms with Crippen LogP contribution in [0.5, 0.6) is 0 Å². The Hall–Kier alpha value is -2.20. The monoisotopic (exact) mass is 330 g/mol. The predicted molar refractivity (Wildman–Crippen MR) is 84.8 cm³/mol. The Kier molecular flexibility index (Phi) is 3.96. The first-order valence-electron chi connectivity index (χ1n) is 8.18. The first-order valence-corrected chi connectivity index (χ1v) is 8.18. The van der Waals surface area contributed by atoms with Crippen LogP contribution in [0.25, 0.3) is 0 Å². The molecular formula is C17H22N4O3. The maximum absolute atomic E-state index is 12.5. The highest BCUT2D eigenvalue weighted by atomic mass is 16.6. The fourth-order valence-electron chi connectivity index (χ4n) is 3.70. The van der Waals surface area contributed by atoms with Crippen molar-refractivity contribution in [3.8, 4) is 6.07 Å². The molecule has 2 saturated heterocycles. The topological polar surface area (TPSA) is 99.3 Å². The van der Waals surface area contributed by atoms with E-state index in [0.29, 0.717) is 18.4 Å². The van der Waals surface area contributed by atoms with Gasteiger partial charge in [-0.05, 0) is 33.6 Å². The average molecular weight is 330 g/mol. The molecule has 0 spiro atoms. The number of nitriles is 1. The predicted octanol–water partition coefficient (Wildman–Crippen LogP) is 2.10. The van der Waals surface area contributed by atoms with Gasteiger partial charge in [0, 0.05) is 42.9 Å². The van der Waals surface area contributed by atoms with Crippen LogP contribution in [0.2, 0.25) is 0 Å². The van der Waals surface area contributed by atoms with Crippen molar-refractivity contribution in [2.75, 3.05) is 0 Å². The van der Waals surface area contributed by atoms with Gasteiger partial charge in [-0.15, -0.1) is 0 Å². The highest BCUT2D eigenvalue weighted by Gasteiger charge is 2.51. The molecule has 2 atom stereocenters. The standard InChI is InChI=1S/C17H22N4O3/c1-16(2,3)24-15(22)21-12-4-5-13(21)7-17(23,6-12)11-9-19-14(8-18)20-10-11/h9-10,12-13,23H,4-7H2,1-3H3. The molecule has 128 valence electrons. The summed E-state index contributed by atoms with van der Waals surface area (Å²) < 4.78 is 5.51. The number of fused-ring (bicyclic) bond motifs is 2. The molecule has 2 unspecified atom stereocenters. The Morgan fingerprint density at radius 1 is 1.33 bits per heavy atom. The van der Waals surface area contributed by atoms with Crippen molar-refractivity contribution in [2.24, 2.45) is 0 Å². The van der Waals surface area contributed by atoms with Gasteiger partial charge >= 0.3 is 6.09 Å². The second-order valence-electron chi connectivity index (χ2n) is 7.62. The SMILES string of the molecule is CC(C)(C)OC(=O)N1C2CCC1CC(O)(c1cnc(C#N)nc1)C2. The minimum absolute atomic E-state index is 0.0563. The highest BCUT2D eigenvalue weighted by Crippen LogP contribution is 2.45. The highest BCUT2D eigenvalue weighted by molar-refractivity contribution is 5.69. The van der Waals surface area contributed by atoms with Crippen LogP contribution in [0.3, 0.4) is 0 Å². The van der Waals surface area contributed by atoms with E-state index in [4.69, 9.17) is 10.00 Å². The van der Waals surface area contributed by atoms with Gasteiger partial charge in [-0.1, -0.05) is 0 Å². The van der Waals surface area contributed by atoms with Gasteiger partial charge in [0.15, 0.2) is 0 Å². The van der Waals surface area contributed by atoms with Crippen LogP contribution in [-0.4, -0.2) is 43.8 Å². The van der Waals surface area contributed by atoms with Crippen molar-refractivity contribution in [1.82, 2.24) is 14.9 Å². The number of amides is 1. The maximum atomic E-state index is 12.5. The van der Waals surface area contributed by atoms with Gasteiger partial charge in [-0.25, -0.2) is 14.8 Å². The third-order valence-electron chi connectivity index (χ3n) is 4.66. The van der Waals surface area contributed by atoms with Crippen LogP contribution >= 0.6 is 0 Å². The molecule has 1 aromatic rings. The van der Waals surface area contributed by atoms with E-state index in [1.54, 1.807) is 4.90 Å². The minimum atomic E-state index is -1.07. The molecule has 1 N–H and O–H groups in total. The lowest BCUT2D eigenvalue weighted by atomic mass is 9.82. The molecule has 7 heteroatoms. The summed E-state index contributed by atoms with van der Waals surface area (Å²) >= 11 is 0. The average Bonchev–Trinajstić information content (AvgIpc) is 2.79. The van der Waals surface area contributed by atoms with Crippen LogP contribution in [0.1, 0.15) is 57.8 Å². The first kappa shape index (κ1) is 16.7. The van der Waals surface area contributed by atoms with Crippen molar-refractivity contribution in [3.05, 3.63) is 23.8 Å². The minimum Gasteiger partial charge on any atom is -0.444 e. The van der Waals surface area contributed by atoms with E-state index in [-0.39, 0.29) is 24.0 Å². The smallest absolute Gasteiger partial charge is 0.410 e. The summed E-state index contributed by atoms with van der Waals surface area (Å²) in [5.41, 5.74) is -1.01. The van der Waals surface area contributed by atoms with Crippen molar-refractivity contribution < 1.29 is 14.6 Å². The fourth-order valence-corrected chi connectivity index (χ4v) is 3.70. The molecule has 1 aromatic heterocycles. The molecule has 2 aliphatic rings. The van der Waals surface area contributed by atoms with E-state index in [1.165, 1.54) is 12.4 Å². The molecule has 24 heavy (non-hydrogen) atoms. The number of carbonyl (C=O) groups excluding carboxylic acids is 1. The number of nitrogens with zero attached hydrogens (tertiary/aromatic N) is 4. The summed E-state index contributed by atoms with van der Waals surface area (Å²) in [4.78, 5) is 22.2. The number of ether oxygens (including phenoxy) is 1. The number of carbonyl (C=O) groups is 1. The van der Waals surface area contributed by atoms with Crippen molar-refractivity contribution >= 4 is 6.09 Å². The second-order valence-corrected chi connectivity index (χ2v) is 7.62. The van der Waals surface area contributed by atoms with Gasteiger partial charge in [-0.3, -0.25) is 0 Å². The molecule has 0 radical (unpaired) electrons. The van der Waals surface area contributed by atoms with E-state index in [2.05, 4.69) is 9.97 Å². The Morgan fingerprint density at radius 3 is 2.33 bits per heavy atom. The second kappa shape index (κ2) is 5.71. The van der Waals surface area contributed by atoms with E-state index in [9.17, 15) is 9.90 Å². The summed E-state index contributed by atoms with van der Waals surface area (Å²) in [6.07, 6.45) is 5.26. The Morgan fingerprint density at radius 2 is 1.88 bits per heavy atom. The summed E-state index contributed by atoms with van der Waals surface area (Å²) in [6, 6.07) is 1.76. The van der Waals surface area contributed by atoms with Crippen molar-refractivity contribution in [2.45, 2.75) is 69.7 Å². The number of aromatic nitrogens is 2. The van der Waals surface area contributed by atoms with E-state index in [0.717, 1.165) is 12.8 Å². The third-order valence-corrected chi connectivity index (χ3v) is 4.66. The zero-order chi connectivity index (χ0) is 17.5. The molecule has 3 heterocycles. The van der Waals surface area contributed by atoms with Gasteiger partial charge in [0.2, 0.25) is 5.82 Å². The lowest BCUT2D eigenvalue weighted by Gasteiger charge is -2.43. The number of aliphatic hydroxyl groups is 1. The molecule has 3 rings (SSSR count). The molecular weight excluding hydrogens is 308 g/mol. The summed E-state index contributed by atoms with van der Waals surface area (Å²) in [6.45, 7) is 5.55. The van der Waals surface area contributed by atoms with Gasteiger partial charge in [0.1, 0.15) is 11.7 Å². The molecule has 7 nitrogen and oxygen atoms in total. The number of hydrogen-bond donors (Lipinski definition) is 1. The number of hydrogen-bond acceptors (Lipinski definition) is 6. The zero-order valence-corrected chi connectivity index (χ0v) is 14.2. The third kappa shape index (κ3) is 3.06. The Balaban J connectivity index is 1.79. The van der Waals surface area contributed by atoms with Crippen LogP contribution < -0.4 is 0 Å². The summed E-state index contributed by atoms with van der Waals surface area (Å²) in [5, 5.41) is 19.9. The summed E-state index contributed by atoms with van der Waals surface area (Å²) in [7, 11) is 0. The Labute approximate surface area is 141 Å². The van der Waals surface area contributed by atoms with E-state index < -0.39 is 11.2 Å². The first-order chi connectivity index (χ1) is 11.2. The normalized spacial score (nSPS) is 29.2. The van der Waals surface area contributed by atoms with Gasteiger partial charge in [0.25, 0.3) is 0 Å². The molecule has 2 aliphatic heterocycles. The molecule has 0 saturated carbocycles. The van der Waals surface area contributed by atoms with Crippen molar-refractivity contribution in [3.63, 3.8) is 0 Å². The fraction of sp³-hybridized carbons (Fsp3) is 0.647. The van der Waals surface area contributed by atoms with Crippen LogP contribution in [0, 0.1) is 11.3 Å². The molecule has 1 amide bonds. The van der Waals surface area contributed by atoms with E-state index >= 15 is 0 Å². The lowest BCUT2D eigenvalue weighted by Crippen LogP contribution is -2.53. The lowest BCUT2D eigenvalue weighted by molar-refractivity contribution is -0.0627. The quantitative estimate of drug-likeness (QED) is 0.846. The molecule has 0 aliphatic carbocycles. The van der Waals surface area contributed by atoms with Crippen molar-refractivity contribution in [1.29, 1.82) is 5.26 Å². The van der Waals surface area contributed by atoms with Crippen LogP contribution in [0.4, 0.5) is 4.79 Å². The maximum Gasteiger partial charge on any atom is 0.410 e. The number of rotatable bonds is 1. The van der Waals surface area contributed by atoms with Gasteiger partial charge < -0.3 is 14.7 Å². The molecule has 2 bridgehead atoms. The molecule has 2 fully saturated rings. The largest absolute Gasteiger partial charge is 0.444 e. The van der Waals surface area contributed by atoms with Gasteiger partial charge in [0.05, 0.1) is 5.60 Å². The Bertz CT molecular complexity index is 661. The zero-order valence-electron chi connectivity index (χ0n) is 14.2. The van der Waals surface area contributed by atoms with Crippen LogP contribution in [0.15, 0.2) is 12.4 Å². The molecule has 0 aromatic carbocycles. The number of piperidine rings is 1.